The van der Waals surface area contributed by atoms with Gasteiger partial charge in [0.2, 0.25) is 5.89 Å². The van der Waals surface area contributed by atoms with Crippen LogP contribution in [0.1, 0.15) is 5.89 Å². The highest BCUT2D eigenvalue weighted by molar-refractivity contribution is 9.10. The van der Waals surface area contributed by atoms with Crippen LogP contribution in [0.2, 0.25) is 0 Å². The third-order valence-electron chi connectivity index (χ3n) is 2.14. The molecule has 0 bridgehead atoms. The second kappa shape index (κ2) is 5.44. The summed E-state index contributed by atoms with van der Waals surface area (Å²) in [6, 6.07) is 3.51. The molecule has 0 aromatic carbocycles. The van der Waals surface area contributed by atoms with Gasteiger partial charge in [0, 0.05) is 6.54 Å². The lowest BCUT2D eigenvalue weighted by Crippen LogP contribution is -2.21. The van der Waals surface area contributed by atoms with E-state index in [0.29, 0.717) is 35.3 Å². The smallest absolute Gasteiger partial charge is 0.283 e. The molecule has 17 heavy (non-hydrogen) atoms. The maximum Gasteiger partial charge on any atom is 0.283 e. The molecule has 0 spiro atoms. The highest BCUT2D eigenvalue weighted by Crippen LogP contribution is 2.23. The monoisotopic (exact) mass is 301 g/mol. The number of likely N-dealkylation sites (N-methyl/N-ethyl adjacent to an activating group) is 1. The molecule has 0 radical (unpaired) electrons. The van der Waals surface area contributed by atoms with Gasteiger partial charge < -0.3 is 13.9 Å². The summed E-state index contributed by atoms with van der Waals surface area (Å²) in [5.41, 5.74) is 0. The molecule has 0 fully saturated rings. The first kappa shape index (κ1) is 12.3. The van der Waals surface area contributed by atoms with E-state index >= 15 is 0 Å². The molecule has 0 amide bonds. The van der Waals surface area contributed by atoms with Gasteiger partial charge in [-0.2, -0.15) is 0 Å². The summed E-state index contributed by atoms with van der Waals surface area (Å²) < 4.78 is 11.4. The molecule has 6 nitrogen and oxygen atoms in total. The van der Waals surface area contributed by atoms with E-state index in [1.54, 1.807) is 12.1 Å². The van der Waals surface area contributed by atoms with Crippen LogP contribution in [-0.2, 0) is 6.54 Å². The molecule has 92 valence electrons. The average molecular weight is 302 g/mol. The minimum Gasteiger partial charge on any atom is -0.444 e. The Hall–Kier alpha value is -1.18. The lowest BCUT2D eigenvalue weighted by Gasteiger charge is -2.10. The van der Waals surface area contributed by atoms with Crippen molar-refractivity contribution >= 4 is 15.9 Å². The van der Waals surface area contributed by atoms with E-state index in [2.05, 4.69) is 26.1 Å². The number of aliphatic hydroxyl groups excluding tert-OH is 1. The van der Waals surface area contributed by atoms with Crippen LogP contribution in [0.25, 0.3) is 11.7 Å². The van der Waals surface area contributed by atoms with Crippen molar-refractivity contribution in [1.82, 2.24) is 15.1 Å². The van der Waals surface area contributed by atoms with Crippen molar-refractivity contribution in [3.63, 3.8) is 0 Å². The summed E-state index contributed by atoms with van der Waals surface area (Å²) in [6.07, 6.45) is 0. The van der Waals surface area contributed by atoms with Crippen molar-refractivity contribution < 1.29 is 13.9 Å². The lowest BCUT2D eigenvalue weighted by molar-refractivity contribution is 0.206. The predicted molar refractivity (Wildman–Crippen MR) is 63.1 cm³/mol. The van der Waals surface area contributed by atoms with Gasteiger partial charge in [-0.3, -0.25) is 4.90 Å². The van der Waals surface area contributed by atoms with E-state index in [9.17, 15) is 0 Å². The van der Waals surface area contributed by atoms with E-state index in [0.717, 1.165) is 0 Å². The van der Waals surface area contributed by atoms with Crippen LogP contribution in [-0.4, -0.2) is 40.4 Å². The van der Waals surface area contributed by atoms with Crippen LogP contribution in [0.15, 0.2) is 25.6 Å². The fourth-order valence-electron chi connectivity index (χ4n) is 1.33. The number of rotatable bonds is 5. The molecule has 0 aliphatic carbocycles. The van der Waals surface area contributed by atoms with Crippen molar-refractivity contribution in [2.45, 2.75) is 6.54 Å². The minimum atomic E-state index is 0.0998. The van der Waals surface area contributed by atoms with E-state index in [1.165, 1.54) is 0 Å². The number of halogens is 1. The summed E-state index contributed by atoms with van der Waals surface area (Å²) in [6.45, 7) is 1.15. The predicted octanol–water partition coefficient (Wildman–Crippen LogP) is 1.52. The van der Waals surface area contributed by atoms with Gasteiger partial charge in [-0.05, 0) is 35.1 Å². The van der Waals surface area contributed by atoms with Gasteiger partial charge in [-0.1, -0.05) is 0 Å². The summed E-state index contributed by atoms with van der Waals surface area (Å²) in [4.78, 5) is 1.88. The van der Waals surface area contributed by atoms with Crippen molar-refractivity contribution in [2.24, 2.45) is 0 Å². The summed E-state index contributed by atoms with van der Waals surface area (Å²) >= 11 is 3.20. The molecule has 2 rings (SSSR count). The Morgan fingerprint density at radius 3 is 2.82 bits per heavy atom. The second-order valence-electron chi connectivity index (χ2n) is 3.57. The Kier molecular flexibility index (Phi) is 3.93. The molecule has 0 aliphatic rings. The molecule has 2 aromatic heterocycles. The normalized spacial score (nSPS) is 11.3. The van der Waals surface area contributed by atoms with Gasteiger partial charge in [-0.15, -0.1) is 10.2 Å². The Balaban J connectivity index is 2.05. The topological polar surface area (TPSA) is 75.5 Å². The fourth-order valence-corrected chi connectivity index (χ4v) is 1.63. The van der Waals surface area contributed by atoms with Crippen molar-refractivity contribution in [2.75, 3.05) is 20.2 Å². The number of aliphatic hydroxyl groups is 1. The van der Waals surface area contributed by atoms with Crippen molar-refractivity contribution in [3.05, 3.63) is 22.7 Å². The number of hydrogen-bond donors (Lipinski definition) is 1. The maximum absolute atomic E-state index is 8.77. The third kappa shape index (κ3) is 3.15. The third-order valence-corrected chi connectivity index (χ3v) is 2.56. The maximum atomic E-state index is 8.77. The van der Waals surface area contributed by atoms with Crippen LogP contribution < -0.4 is 0 Å². The van der Waals surface area contributed by atoms with Crippen LogP contribution in [0.3, 0.4) is 0 Å². The average Bonchev–Trinajstić information content (AvgIpc) is 2.87. The zero-order valence-electron chi connectivity index (χ0n) is 9.26. The number of aromatic nitrogens is 2. The molecule has 2 heterocycles. The van der Waals surface area contributed by atoms with E-state index in [4.69, 9.17) is 13.9 Å². The molecule has 7 heteroatoms. The summed E-state index contributed by atoms with van der Waals surface area (Å²) in [7, 11) is 1.86. The first-order valence-corrected chi connectivity index (χ1v) is 5.86. The molecule has 0 saturated heterocycles. The van der Waals surface area contributed by atoms with E-state index in [-0.39, 0.29) is 6.61 Å². The van der Waals surface area contributed by atoms with Crippen LogP contribution >= 0.6 is 15.9 Å². The quantitative estimate of drug-likeness (QED) is 0.902. The second-order valence-corrected chi connectivity index (χ2v) is 4.35. The van der Waals surface area contributed by atoms with Crippen LogP contribution in [0, 0.1) is 0 Å². The van der Waals surface area contributed by atoms with E-state index in [1.807, 2.05) is 11.9 Å². The lowest BCUT2D eigenvalue weighted by atomic mass is 10.4. The highest BCUT2D eigenvalue weighted by Gasteiger charge is 2.13. The zero-order chi connectivity index (χ0) is 12.3. The SMILES string of the molecule is CN(CCO)Cc1nnc(-c2ccc(Br)o2)o1. The molecule has 0 saturated carbocycles. The highest BCUT2D eigenvalue weighted by atomic mass is 79.9. The molecular formula is C10H12BrN3O3. The van der Waals surface area contributed by atoms with Gasteiger partial charge in [0.15, 0.2) is 10.4 Å². The van der Waals surface area contributed by atoms with Gasteiger partial charge in [0.25, 0.3) is 5.89 Å². The van der Waals surface area contributed by atoms with Crippen molar-refractivity contribution in [3.8, 4) is 11.7 Å². The Morgan fingerprint density at radius 2 is 2.18 bits per heavy atom. The standard InChI is InChI=1S/C10H12BrN3O3/c1-14(4-5-15)6-9-12-13-10(17-9)7-2-3-8(11)16-7/h2-3,15H,4-6H2,1H3. The van der Waals surface area contributed by atoms with E-state index < -0.39 is 0 Å². The van der Waals surface area contributed by atoms with Gasteiger partial charge in [-0.25, -0.2) is 0 Å². The first-order valence-electron chi connectivity index (χ1n) is 5.06. The first-order chi connectivity index (χ1) is 8.19. The van der Waals surface area contributed by atoms with Crippen LogP contribution in [0.4, 0.5) is 0 Å². The van der Waals surface area contributed by atoms with Gasteiger partial charge >= 0.3 is 0 Å². The molecular weight excluding hydrogens is 290 g/mol. The Labute approximate surface area is 106 Å². The Bertz CT molecular complexity index is 483. The molecule has 0 aliphatic heterocycles. The van der Waals surface area contributed by atoms with Crippen molar-refractivity contribution in [1.29, 1.82) is 0 Å². The fraction of sp³-hybridized carbons (Fsp3) is 0.400. The summed E-state index contributed by atoms with van der Waals surface area (Å²) in [5.74, 6) is 1.37. The summed E-state index contributed by atoms with van der Waals surface area (Å²) in [5, 5.41) is 16.6. The Morgan fingerprint density at radius 1 is 1.35 bits per heavy atom. The number of hydrogen-bond acceptors (Lipinski definition) is 6. The van der Waals surface area contributed by atoms with Crippen LogP contribution in [0.5, 0.6) is 0 Å². The molecule has 2 aromatic rings. The number of furan rings is 1. The zero-order valence-corrected chi connectivity index (χ0v) is 10.8. The van der Waals surface area contributed by atoms with Gasteiger partial charge in [0.1, 0.15) is 0 Å². The minimum absolute atomic E-state index is 0.0998. The largest absolute Gasteiger partial charge is 0.444 e. The molecule has 0 unspecified atom stereocenters. The van der Waals surface area contributed by atoms with Gasteiger partial charge in [0.05, 0.1) is 13.2 Å². The number of nitrogens with zero attached hydrogens (tertiary/aromatic N) is 3. The molecule has 1 N–H and O–H groups in total. The molecule has 0 atom stereocenters.